The lowest BCUT2D eigenvalue weighted by atomic mass is 10.2. The summed E-state index contributed by atoms with van der Waals surface area (Å²) in [4.78, 5) is 0. The summed E-state index contributed by atoms with van der Waals surface area (Å²) in [5, 5.41) is 7.42. The molecule has 0 aromatic carbocycles. The largest absolute Gasteiger partial charge is 0.355 e. The quantitative estimate of drug-likeness (QED) is 0.696. The standard InChI is InChI=1S/C10H19N3O2/c1-8-9(6-12-13(8)2)5-11-7-10(14-3)15-4/h6,10-11H,5,7H2,1-4H3. The highest BCUT2D eigenvalue weighted by molar-refractivity contribution is 5.15. The monoisotopic (exact) mass is 213 g/mol. The van der Waals surface area contributed by atoms with Crippen molar-refractivity contribution in [3.05, 3.63) is 17.5 Å². The Morgan fingerprint density at radius 2 is 2.13 bits per heavy atom. The van der Waals surface area contributed by atoms with Crippen molar-refractivity contribution < 1.29 is 9.47 Å². The highest BCUT2D eigenvalue weighted by Gasteiger charge is 2.06. The molecule has 0 saturated heterocycles. The van der Waals surface area contributed by atoms with Crippen LogP contribution < -0.4 is 5.32 Å². The molecule has 0 aliphatic rings. The van der Waals surface area contributed by atoms with Crippen molar-refractivity contribution in [3.63, 3.8) is 0 Å². The van der Waals surface area contributed by atoms with E-state index in [0.717, 1.165) is 6.54 Å². The molecule has 0 amide bonds. The molecule has 0 saturated carbocycles. The second-order valence-corrected chi connectivity index (χ2v) is 3.41. The summed E-state index contributed by atoms with van der Waals surface area (Å²) in [6.07, 6.45) is 1.68. The van der Waals surface area contributed by atoms with E-state index >= 15 is 0 Å². The predicted molar refractivity (Wildman–Crippen MR) is 57.5 cm³/mol. The number of methoxy groups -OCH3 is 2. The van der Waals surface area contributed by atoms with Gasteiger partial charge in [0.15, 0.2) is 6.29 Å². The minimum atomic E-state index is -0.193. The highest BCUT2D eigenvalue weighted by atomic mass is 16.7. The maximum Gasteiger partial charge on any atom is 0.169 e. The van der Waals surface area contributed by atoms with Crippen LogP contribution in [0, 0.1) is 6.92 Å². The van der Waals surface area contributed by atoms with Gasteiger partial charge in [-0.3, -0.25) is 4.68 Å². The van der Waals surface area contributed by atoms with Crippen molar-refractivity contribution in [2.45, 2.75) is 19.8 Å². The van der Waals surface area contributed by atoms with Gasteiger partial charge in [-0.15, -0.1) is 0 Å². The Kier molecular flexibility index (Phi) is 4.74. The fourth-order valence-corrected chi connectivity index (χ4v) is 1.31. The smallest absolute Gasteiger partial charge is 0.169 e. The van der Waals surface area contributed by atoms with Crippen LogP contribution in [0.1, 0.15) is 11.3 Å². The molecule has 0 radical (unpaired) electrons. The molecular formula is C10H19N3O2. The molecule has 5 nitrogen and oxygen atoms in total. The van der Waals surface area contributed by atoms with Gasteiger partial charge in [0.25, 0.3) is 0 Å². The average molecular weight is 213 g/mol. The molecule has 0 atom stereocenters. The van der Waals surface area contributed by atoms with Crippen molar-refractivity contribution in [2.24, 2.45) is 7.05 Å². The molecule has 0 aliphatic heterocycles. The molecule has 0 unspecified atom stereocenters. The van der Waals surface area contributed by atoms with E-state index in [1.165, 1.54) is 11.3 Å². The van der Waals surface area contributed by atoms with Crippen LogP contribution in [0.2, 0.25) is 0 Å². The van der Waals surface area contributed by atoms with E-state index in [1.54, 1.807) is 14.2 Å². The van der Waals surface area contributed by atoms with Crippen molar-refractivity contribution in [1.82, 2.24) is 15.1 Å². The van der Waals surface area contributed by atoms with Gasteiger partial charge in [0.05, 0.1) is 6.20 Å². The molecule has 1 aromatic rings. The number of nitrogens with zero attached hydrogens (tertiary/aromatic N) is 2. The molecule has 0 fully saturated rings. The van der Waals surface area contributed by atoms with Gasteiger partial charge < -0.3 is 14.8 Å². The van der Waals surface area contributed by atoms with Crippen molar-refractivity contribution in [2.75, 3.05) is 20.8 Å². The van der Waals surface area contributed by atoms with Crippen LogP contribution in [-0.2, 0) is 23.1 Å². The van der Waals surface area contributed by atoms with E-state index in [1.807, 2.05) is 24.9 Å². The number of ether oxygens (including phenoxy) is 2. The van der Waals surface area contributed by atoms with Crippen LogP contribution >= 0.6 is 0 Å². The molecule has 15 heavy (non-hydrogen) atoms. The summed E-state index contributed by atoms with van der Waals surface area (Å²) in [5.41, 5.74) is 2.37. The predicted octanol–water partition coefficient (Wildman–Crippen LogP) is 0.437. The number of hydrogen-bond acceptors (Lipinski definition) is 4. The lowest BCUT2D eigenvalue weighted by Crippen LogP contribution is -2.29. The normalized spacial score (nSPS) is 11.3. The van der Waals surface area contributed by atoms with Crippen molar-refractivity contribution in [1.29, 1.82) is 0 Å². The van der Waals surface area contributed by atoms with Crippen LogP contribution in [0.5, 0.6) is 0 Å². The summed E-state index contributed by atoms with van der Waals surface area (Å²) in [6.45, 7) is 3.50. The van der Waals surface area contributed by atoms with E-state index in [9.17, 15) is 0 Å². The Balaban J connectivity index is 2.34. The summed E-state index contributed by atoms with van der Waals surface area (Å²) < 4.78 is 12.0. The van der Waals surface area contributed by atoms with Gasteiger partial charge >= 0.3 is 0 Å². The molecule has 1 N–H and O–H groups in total. The summed E-state index contributed by atoms with van der Waals surface area (Å²) in [6, 6.07) is 0. The maximum atomic E-state index is 5.07. The van der Waals surface area contributed by atoms with E-state index in [2.05, 4.69) is 10.4 Å². The minimum absolute atomic E-state index is 0.193. The van der Waals surface area contributed by atoms with Crippen LogP contribution in [-0.4, -0.2) is 36.8 Å². The molecule has 0 bridgehead atoms. The fourth-order valence-electron chi connectivity index (χ4n) is 1.31. The third kappa shape index (κ3) is 3.30. The van der Waals surface area contributed by atoms with Gasteiger partial charge in [-0.25, -0.2) is 0 Å². The second kappa shape index (κ2) is 5.85. The van der Waals surface area contributed by atoms with Crippen LogP contribution in [0.3, 0.4) is 0 Å². The lowest BCUT2D eigenvalue weighted by molar-refractivity contribution is -0.0989. The highest BCUT2D eigenvalue weighted by Crippen LogP contribution is 2.04. The van der Waals surface area contributed by atoms with Gasteiger partial charge in [-0.1, -0.05) is 0 Å². The molecule has 0 aliphatic carbocycles. The van der Waals surface area contributed by atoms with Gasteiger partial charge in [-0.05, 0) is 6.92 Å². The molecule has 1 heterocycles. The van der Waals surface area contributed by atoms with Crippen LogP contribution in [0.15, 0.2) is 6.20 Å². The minimum Gasteiger partial charge on any atom is -0.355 e. The lowest BCUT2D eigenvalue weighted by Gasteiger charge is -2.13. The Hall–Kier alpha value is -0.910. The molecule has 5 heteroatoms. The topological polar surface area (TPSA) is 48.3 Å². The first-order chi connectivity index (χ1) is 7.19. The Bertz CT molecular complexity index is 295. The first kappa shape index (κ1) is 12.2. The number of rotatable bonds is 6. The zero-order valence-electron chi connectivity index (χ0n) is 9.78. The van der Waals surface area contributed by atoms with Gasteiger partial charge in [0.2, 0.25) is 0 Å². The fraction of sp³-hybridized carbons (Fsp3) is 0.700. The average Bonchev–Trinajstić information content (AvgIpc) is 2.56. The number of aryl methyl sites for hydroxylation is 1. The third-order valence-corrected chi connectivity index (χ3v) is 2.49. The zero-order chi connectivity index (χ0) is 11.3. The van der Waals surface area contributed by atoms with E-state index < -0.39 is 0 Å². The zero-order valence-corrected chi connectivity index (χ0v) is 9.78. The molecule has 0 spiro atoms. The molecular weight excluding hydrogens is 194 g/mol. The van der Waals surface area contributed by atoms with Gasteiger partial charge in [0, 0.05) is 45.6 Å². The number of hydrogen-bond donors (Lipinski definition) is 1. The summed E-state index contributed by atoms with van der Waals surface area (Å²) in [5.74, 6) is 0. The second-order valence-electron chi connectivity index (χ2n) is 3.41. The van der Waals surface area contributed by atoms with E-state index in [4.69, 9.17) is 9.47 Å². The summed E-state index contributed by atoms with van der Waals surface area (Å²) in [7, 11) is 5.20. The van der Waals surface area contributed by atoms with Gasteiger partial charge in [-0.2, -0.15) is 5.10 Å². The first-order valence-corrected chi connectivity index (χ1v) is 4.92. The third-order valence-electron chi connectivity index (χ3n) is 2.49. The first-order valence-electron chi connectivity index (χ1n) is 4.92. The Morgan fingerprint density at radius 1 is 1.47 bits per heavy atom. The van der Waals surface area contributed by atoms with Crippen molar-refractivity contribution >= 4 is 0 Å². The Labute approximate surface area is 90.4 Å². The maximum absolute atomic E-state index is 5.07. The van der Waals surface area contributed by atoms with E-state index in [0.29, 0.717) is 6.54 Å². The summed E-state index contributed by atoms with van der Waals surface area (Å²) >= 11 is 0. The number of nitrogens with one attached hydrogen (secondary N) is 1. The molecule has 1 rings (SSSR count). The molecule has 1 aromatic heterocycles. The van der Waals surface area contributed by atoms with Crippen LogP contribution in [0.4, 0.5) is 0 Å². The Morgan fingerprint density at radius 3 is 2.60 bits per heavy atom. The van der Waals surface area contributed by atoms with Crippen molar-refractivity contribution in [3.8, 4) is 0 Å². The van der Waals surface area contributed by atoms with Crippen LogP contribution in [0.25, 0.3) is 0 Å². The SMILES string of the molecule is COC(CNCc1cnn(C)c1C)OC. The van der Waals surface area contributed by atoms with E-state index in [-0.39, 0.29) is 6.29 Å². The van der Waals surface area contributed by atoms with Gasteiger partial charge in [0.1, 0.15) is 0 Å². The molecule has 86 valence electrons. The number of aromatic nitrogens is 2.